The van der Waals surface area contributed by atoms with Gasteiger partial charge in [-0.3, -0.25) is 0 Å². The number of hydrogen-bond donors (Lipinski definition) is 1. The van der Waals surface area contributed by atoms with Crippen LogP contribution in [0.25, 0.3) is 22.4 Å². The van der Waals surface area contributed by atoms with Gasteiger partial charge < -0.3 is 10.5 Å². The summed E-state index contributed by atoms with van der Waals surface area (Å²) in [6.07, 6.45) is 1.80. The van der Waals surface area contributed by atoms with E-state index in [-0.39, 0.29) is 0 Å². The highest BCUT2D eigenvalue weighted by molar-refractivity contribution is 5.97. The Morgan fingerprint density at radius 2 is 1.71 bits per heavy atom. The van der Waals surface area contributed by atoms with Crippen molar-refractivity contribution in [2.24, 2.45) is 10.2 Å². The average Bonchev–Trinajstić information content (AvgIpc) is 2.82. The van der Waals surface area contributed by atoms with Crippen LogP contribution in [0.1, 0.15) is 11.1 Å². The fourth-order valence-corrected chi connectivity index (χ4v) is 3.33. The largest absolute Gasteiger partial charge is 0.496 e. The van der Waals surface area contributed by atoms with E-state index in [1.165, 1.54) is 0 Å². The van der Waals surface area contributed by atoms with E-state index in [0.717, 1.165) is 21.9 Å². The minimum atomic E-state index is 0.553. The van der Waals surface area contributed by atoms with E-state index in [1.54, 1.807) is 19.3 Å². The molecule has 0 unspecified atom stereocenters. The first-order valence-corrected chi connectivity index (χ1v) is 9.74. The second-order valence-corrected chi connectivity index (χ2v) is 6.89. The molecule has 0 aliphatic heterocycles. The lowest BCUT2D eigenvalue weighted by molar-refractivity contribution is 0.414. The van der Waals surface area contributed by atoms with Crippen LogP contribution in [0, 0.1) is 11.3 Å². The molecule has 4 aromatic carbocycles. The van der Waals surface area contributed by atoms with Gasteiger partial charge in [-0.25, -0.2) is 0 Å². The van der Waals surface area contributed by atoms with Gasteiger partial charge in [0.1, 0.15) is 11.4 Å². The Balaban J connectivity index is 1.69. The highest BCUT2D eigenvalue weighted by Gasteiger charge is 2.07. The first-order valence-electron chi connectivity index (χ1n) is 9.74. The lowest BCUT2D eigenvalue weighted by Gasteiger charge is -2.07. The van der Waals surface area contributed by atoms with Gasteiger partial charge in [0.15, 0.2) is 0 Å². The Morgan fingerprint density at radius 1 is 0.935 bits per heavy atom. The van der Waals surface area contributed by atoms with Crippen LogP contribution in [0.2, 0.25) is 0 Å². The number of rotatable bonds is 5. The van der Waals surface area contributed by atoms with Crippen LogP contribution in [0.15, 0.2) is 95.2 Å². The molecule has 0 aliphatic rings. The number of azo groups is 1. The summed E-state index contributed by atoms with van der Waals surface area (Å²) < 4.78 is 5.53. The van der Waals surface area contributed by atoms with Crippen molar-refractivity contribution in [2.45, 2.75) is 0 Å². The van der Waals surface area contributed by atoms with Gasteiger partial charge in [-0.1, -0.05) is 60.7 Å². The summed E-state index contributed by atoms with van der Waals surface area (Å²) in [5.41, 5.74) is 10.2. The SMILES string of the molecule is COc1cc(N=Nc2c(N)ccc3ccccc23)ccc1/C=C(\C#N)c1ccccc1. The van der Waals surface area contributed by atoms with Crippen LogP contribution in [0.3, 0.4) is 0 Å². The van der Waals surface area contributed by atoms with Crippen LogP contribution >= 0.6 is 0 Å². The Morgan fingerprint density at radius 3 is 2.48 bits per heavy atom. The van der Waals surface area contributed by atoms with Crippen molar-refractivity contribution in [3.8, 4) is 11.8 Å². The normalized spacial score (nSPS) is 11.5. The topological polar surface area (TPSA) is 83.8 Å². The third-order valence-corrected chi connectivity index (χ3v) is 4.92. The number of allylic oxidation sites excluding steroid dienone is 1. The van der Waals surface area contributed by atoms with Crippen LogP contribution in [-0.2, 0) is 0 Å². The molecule has 0 heterocycles. The first kappa shape index (κ1) is 19.9. The lowest BCUT2D eigenvalue weighted by atomic mass is 10.0. The van der Waals surface area contributed by atoms with E-state index >= 15 is 0 Å². The highest BCUT2D eigenvalue weighted by Crippen LogP contribution is 2.34. The van der Waals surface area contributed by atoms with Crippen molar-refractivity contribution in [2.75, 3.05) is 12.8 Å². The number of methoxy groups -OCH3 is 1. The van der Waals surface area contributed by atoms with E-state index in [1.807, 2.05) is 78.9 Å². The average molecular weight is 404 g/mol. The number of nitriles is 1. The molecular weight excluding hydrogens is 384 g/mol. The maximum Gasteiger partial charge on any atom is 0.128 e. The van der Waals surface area contributed by atoms with E-state index in [0.29, 0.717) is 28.4 Å². The highest BCUT2D eigenvalue weighted by atomic mass is 16.5. The molecule has 5 heteroatoms. The van der Waals surface area contributed by atoms with Crippen molar-refractivity contribution >= 4 is 39.5 Å². The van der Waals surface area contributed by atoms with Gasteiger partial charge in [-0.05, 0) is 35.2 Å². The Labute approximate surface area is 180 Å². The van der Waals surface area contributed by atoms with Gasteiger partial charge in [0.25, 0.3) is 0 Å². The Kier molecular flexibility index (Phi) is 5.72. The molecule has 150 valence electrons. The molecular formula is C26H20N4O. The van der Waals surface area contributed by atoms with Gasteiger partial charge >= 0.3 is 0 Å². The zero-order chi connectivity index (χ0) is 21.6. The minimum absolute atomic E-state index is 0.553. The van der Waals surface area contributed by atoms with Crippen LogP contribution in [-0.4, -0.2) is 7.11 Å². The van der Waals surface area contributed by atoms with E-state index < -0.39 is 0 Å². The molecule has 0 saturated carbocycles. The third-order valence-electron chi connectivity index (χ3n) is 4.92. The Bertz CT molecular complexity index is 1330. The van der Waals surface area contributed by atoms with Crippen LogP contribution in [0.4, 0.5) is 17.1 Å². The molecule has 0 saturated heterocycles. The third kappa shape index (κ3) is 4.29. The van der Waals surface area contributed by atoms with Crippen LogP contribution < -0.4 is 10.5 Å². The molecule has 0 aromatic heterocycles. The van der Waals surface area contributed by atoms with Gasteiger partial charge in [0, 0.05) is 17.0 Å². The zero-order valence-electron chi connectivity index (χ0n) is 17.0. The van der Waals surface area contributed by atoms with Gasteiger partial charge in [-0.2, -0.15) is 10.4 Å². The fourth-order valence-electron chi connectivity index (χ4n) is 3.33. The van der Waals surface area contributed by atoms with Crippen molar-refractivity contribution in [3.05, 3.63) is 96.1 Å². The molecule has 0 fully saturated rings. The molecule has 0 spiro atoms. The number of nitrogens with zero attached hydrogens (tertiary/aromatic N) is 3. The number of benzene rings is 4. The number of fused-ring (bicyclic) bond motifs is 1. The summed E-state index contributed by atoms with van der Waals surface area (Å²) in [4.78, 5) is 0. The van der Waals surface area contributed by atoms with Gasteiger partial charge in [0.05, 0.1) is 30.1 Å². The number of anilines is 1. The standard InChI is InChI=1S/C26H20N4O/c1-31-25-16-22(13-11-20(25)15-21(17-27)18-7-3-2-4-8-18)29-30-26-23-10-6-5-9-19(23)12-14-24(26)28/h2-16H,28H2,1H3/b21-15+,30-29?. The summed E-state index contributed by atoms with van der Waals surface area (Å²) in [5, 5.41) is 20.4. The summed E-state index contributed by atoms with van der Waals surface area (Å²) in [7, 11) is 1.59. The molecule has 4 aromatic rings. The fraction of sp³-hybridized carbons (Fsp3) is 0.0385. The molecule has 0 atom stereocenters. The first-order chi connectivity index (χ1) is 15.2. The van der Waals surface area contributed by atoms with Crippen molar-refractivity contribution < 1.29 is 4.74 Å². The maximum atomic E-state index is 9.58. The smallest absolute Gasteiger partial charge is 0.128 e. The molecule has 31 heavy (non-hydrogen) atoms. The lowest BCUT2D eigenvalue weighted by Crippen LogP contribution is -1.88. The van der Waals surface area contributed by atoms with Gasteiger partial charge in [-0.15, -0.1) is 5.11 Å². The van der Waals surface area contributed by atoms with Crippen molar-refractivity contribution in [3.63, 3.8) is 0 Å². The molecule has 0 bridgehead atoms. The molecule has 0 amide bonds. The predicted molar refractivity (Wildman–Crippen MR) is 125 cm³/mol. The minimum Gasteiger partial charge on any atom is -0.496 e. The summed E-state index contributed by atoms with van der Waals surface area (Å²) in [6.45, 7) is 0. The van der Waals surface area contributed by atoms with Crippen molar-refractivity contribution in [1.82, 2.24) is 0 Å². The van der Waals surface area contributed by atoms with E-state index in [4.69, 9.17) is 10.5 Å². The number of nitrogens with two attached hydrogens (primary N) is 1. The molecule has 2 N–H and O–H groups in total. The van der Waals surface area contributed by atoms with Crippen molar-refractivity contribution in [1.29, 1.82) is 5.26 Å². The summed E-state index contributed by atoms with van der Waals surface area (Å²) >= 11 is 0. The molecule has 5 nitrogen and oxygen atoms in total. The molecule has 4 rings (SSSR count). The second-order valence-electron chi connectivity index (χ2n) is 6.89. The second kappa shape index (κ2) is 8.93. The predicted octanol–water partition coefficient (Wildman–Crippen LogP) is 6.91. The summed E-state index contributed by atoms with van der Waals surface area (Å²) in [5.74, 6) is 0.603. The maximum absolute atomic E-state index is 9.58. The van der Waals surface area contributed by atoms with E-state index in [9.17, 15) is 5.26 Å². The monoisotopic (exact) mass is 404 g/mol. The van der Waals surface area contributed by atoms with Crippen LogP contribution in [0.5, 0.6) is 5.75 Å². The quantitative estimate of drug-likeness (QED) is 0.170. The summed E-state index contributed by atoms with van der Waals surface area (Å²) in [6, 6.07) is 29.0. The molecule has 0 aliphatic carbocycles. The number of ether oxygens (including phenoxy) is 1. The number of nitrogen functional groups attached to an aromatic ring is 1. The Hall–Kier alpha value is -4.43. The number of hydrogen-bond acceptors (Lipinski definition) is 5. The van der Waals surface area contributed by atoms with Gasteiger partial charge in [0.2, 0.25) is 0 Å². The van der Waals surface area contributed by atoms with E-state index in [2.05, 4.69) is 16.3 Å². The zero-order valence-corrected chi connectivity index (χ0v) is 17.0. The molecule has 0 radical (unpaired) electrons.